The van der Waals surface area contributed by atoms with E-state index in [2.05, 4.69) is 5.10 Å². The Labute approximate surface area is 204 Å². The quantitative estimate of drug-likeness (QED) is 0.325. The summed E-state index contributed by atoms with van der Waals surface area (Å²) < 4.78 is 47.2. The maximum absolute atomic E-state index is 14.7. The van der Waals surface area contributed by atoms with Gasteiger partial charge in [0.05, 0.1) is 36.7 Å². The zero-order chi connectivity index (χ0) is 25.7. The van der Waals surface area contributed by atoms with Gasteiger partial charge >= 0.3 is 6.18 Å². The number of para-hydroxylation sites is 2. The van der Waals surface area contributed by atoms with Gasteiger partial charge in [-0.3, -0.25) is 0 Å². The maximum atomic E-state index is 14.7. The Morgan fingerprint density at radius 2 is 1.69 bits per heavy atom. The van der Waals surface area contributed by atoms with Crippen molar-refractivity contribution in [1.82, 2.24) is 14.3 Å². The molecule has 0 aliphatic carbocycles. The van der Waals surface area contributed by atoms with Crippen molar-refractivity contribution in [2.24, 2.45) is 0 Å². The van der Waals surface area contributed by atoms with Gasteiger partial charge in [-0.25, -0.2) is 4.68 Å². The topological polar surface area (TPSA) is 83.4 Å². The molecule has 0 saturated carbocycles. The molecule has 2 unspecified atom stereocenters. The molecule has 3 N–H and O–H groups in total. The van der Waals surface area contributed by atoms with Crippen molar-refractivity contribution in [3.63, 3.8) is 0 Å². The van der Waals surface area contributed by atoms with Gasteiger partial charge < -0.3 is 19.9 Å². The molecule has 186 valence electrons. The van der Waals surface area contributed by atoms with E-state index in [-0.39, 0.29) is 23.1 Å². The number of benzene rings is 3. The molecule has 0 amide bonds. The minimum absolute atomic E-state index is 0.132. The highest BCUT2D eigenvalue weighted by Gasteiger charge is 2.57. The van der Waals surface area contributed by atoms with Gasteiger partial charge in [0.1, 0.15) is 0 Å². The second-order valence-electron chi connectivity index (χ2n) is 8.87. The summed E-state index contributed by atoms with van der Waals surface area (Å²) in [6, 6.07) is 18.0. The third-order valence-corrected chi connectivity index (χ3v) is 6.54. The average molecular weight is 496 g/mol. The zero-order valence-corrected chi connectivity index (χ0v) is 19.3. The van der Waals surface area contributed by atoms with Crippen LogP contribution < -0.4 is 0 Å². The Hall–Kier alpha value is -3.66. The van der Waals surface area contributed by atoms with Crippen molar-refractivity contribution in [2.75, 3.05) is 6.61 Å². The van der Waals surface area contributed by atoms with E-state index in [0.717, 1.165) is 11.3 Å². The van der Waals surface area contributed by atoms with Crippen LogP contribution in [0.4, 0.5) is 13.2 Å². The number of nitrogens with zero attached hydrogens (tertiary/aromatic N) is 3. The first kappa shape index (κ1) is 24.1. The molecule has 2 atom stereocenters. The van der Waals surface area contributed by atoms with Crippen molar-refractivity contribution in [3.05, 3.63) is 95.8 Å². The van der Waals surface area contributed by atoms with Gasteiger partial charge in [-0.05, 0) is 42.3 Å². The zero-order valence-electron chi connectivity index (χ0n) is 19.3. The molecule has 36 heavy (non-hydrogen) atoms. The number of fused-ring (bicyclic) bond motifs is 2. The molecular formula is C27H24F3N3O3. The fraction of sp³-hybridized carbons (Fsp3) is 0.222. The molecule has 0 aliphatic rings. The largest absolute Gasteiger partial charge is 0.425 e. The fourth-order valence-electron chi connectivity index (χ4n) is 4.69. The fourth-order valence-corrected chi connectivity index (χ4v) is 4.69. The Bertz CT molecular complexity index is 1560. The first-order valence-corrected chi connectivity index (χ1v) is 11.4. The molecule has 0 aliphatic heterocycles. The van der Waals surface area contributed by atoms with Crippen LogP contribution in [-0.4, -0.2) is 48.6 Å². The number of aromatic nitrogens is 3. The monoisotopic (exact) mass is 495 g/mol. The smallest absolute Gasteiger partial charge is 0.394 e. The molecule has 5 aromatic rings. The first-order valence-electron chi connectivity index (χ1n) is 11.4. The molecule has 9 heteroatoms. The molecule has 0 spiro atoms. The first-order chi connectivity index (χ1) is 17.1. The van der Waals surface area contributed by atoms with Gasteiger partial charge in [0.15, 0.2) is 0 Å². The molecule has 0 fully saturated rings. The summed E-state index contributed by atoms with van der Waals surface area (Å²) >= 11 is 0. The van der Waals surface area contributed by atoms with E-state index in [4.69, 9.17) is 0 Å². The van der Waals surface area contributed by atoms with Crippen LogP contribution in [-0.2, 0) is 12.1 Å². The predicted octanol–water partition coefficient (Wildman–Crippen LogP) is 4.44. The van der Waals surface area contributed by atoms with Crippen LogP contribution in [0.1, 0.15) is 16.7 Å². The van der Waals surface area contributed by atoms with Gasteiger partial charge in [0, 0.05) is 28.0 Å². The van der Waals surface area contributed by atoms with E-state index < -0.39 is 24.5 Å². The summed E-state index contributed by atoms with van der Waals surface area (Å²) in [6.07, 6.45) is -3.56. The highest BCUT2D eigenvalue weighted by molar-refractivity contribution is 5.87. The number of hydrogen-bond acceptors (Lipinski definition) is 4. The Morgan fingerprint density at radius 1 is 0.972 bits per heavy atom. The van der Waals surface area contributed by atoms with Crippen LogP contribution in [0.5, 0.6) is 0 Å². The third-order valence-electron chi connectivity index (χ3n) is 6.54. The van der Waals surface area contributed by atoms with E-state index in [1.165, 1.54) is 41.2 Å². The average Bonchev–Trinajstić information content (AvgIpc) is 3.44. The van der Waals surface area contributed by atoms with Crippen LogP contribution in [0.15, 0.2) is 79.1 Å². The Kier molecular flexibility index (Phi) is 5.86. The number of aryl methyl sites for hydroxylation is 1. The molecule has 3 aromatic carbocycles. The summed E-state index contributed by atoms with van der Waals surface area (Å²) in [5.41, 5.74) is -1.28. The Balaban J connectivity index is 1.70. The van der Waals surface area contributed by atoms with E-state index >= 15 is 0 Å². The van der Waals surface area contributed by atoms with Crippen LogP contribution in [0.2, 0.25) is 0 Å². The normalized spacial score (nSPS) is 14.9. The maximum Gasteiger partial charge on any atom is 0.425 e. The lowest BCUT2D eigenvalue weighted by Crippen LogP contribution is -2.43. The van der Waals surface area contributed by atoms with Gasteiger partial charge in [0.2, 0.25) is 5.60 Å². The molecule has 0 bridgehead atoms. The molecule has 0 saturated heterocycles. The van der Waals surface area contributed by atoms with E-state index in [1.54, 1.807) is 22.9 Å². The van der Waals surface area contributed by atoms with Crippen molar-refractivity contribution in [3.8, 4) is 5.69 Å². The molecule has 2 heterocycles. The molecule has 5 rings (SSSR count). The SMILES string of the molecule is Cc1ccccc1-n1ncc2cc(C(O)(c3cn(CC(O)CO)c4ccccc34)C(F)(F)F)ccc21. The van der Waals surface area contributed by atoms with Crippen LogP contribution in [0.25, 0.3) is 27.5 Å². The van der Waals surface area contributed by atoms with Crippen molar-refractivity contribution in [2.45, 2.75) is 31.3 Å². The minimum Gasteiger partial charge on any atom is -0.394 e. The number of aliphatic hydroxyl groups excluding tert-OH is 2. The van der Waals surface area contributed by atoms with E-state index in [9.17, 15) is 28.5 Å². The summed E-state index contributed by atoms with van der Waals surface area (Å²) in [5.74, 6) is 0. The molecule has 6 nitrogen and oxygen atoms in total. The molecular weight excluding hydrogens is 471 g/mol. The number of halogens is 3. The van der Waals surface area contributed by atoms with Crippen LogP contribution in [0.3, 0.4) is 0 Å². The number of rotatable bonds is 6. The third kappa shape index (κ3) is 3.76. The van der Waals surface area contributed by atoms with E-state index in [0.29, 0.717) is 16.4 Å². The summed E-state index contributed by atoms with van der Waals surface area (Å²) in [6.45, 7) is 1.24. The van der Waals surface area contributed by atoms with Gasteiger partial charge in [-0.1, -0.05) is 42.5 Å². The predicted molar refractivity (Wildman–Crippen MR) is 130 cm³/mol. The van der Waals surface area contributed by atoms with Crippen molar-refractivity contribution >= 4 is 21.8 Å². The highest BCUT2D eigenvalue weighted by Crippen LogP contribution is 2.47. The second-order valence-corrected chi connectivity index (χ2v) is 8.87. The lowest BCUT2D eigenvalue weighted by molar-refractivity contribution is -0.247. The summed E-state index contributed by atoms with van der Waals surface area (Å²) in [4.78, 5) is 0. The van der Waals surface area contributed by atoms with Crippen molar-refractivity contribution < 1.29 is 28.5 Å². The van der Waals surface area contributed by atoms with Gasteiger partial charge in [0.25, 0.3) is 0 Å². The van der Waals surface area contributed by atoms with Crippen LogP contribution in [0, 0.1) is 6.92 Å². The van der Waals surface area contributed by atoms with Crippen LogP contribution >= 0.6 is 0 Å². The number of aliphatic hydroxyl groups is 3. The number of alkyl halides is 3. The second kappa shape index (κ2) is 8.77. The molecule has 0 radical (unpaired) electrons. The summed E-state index contributed by atoms with van der Waals surface area (Å²) in [5, 5.41) is 35.6. The Morgan fingerprint density at radius 3 is 2.42 bits per heavy atom. The lowest BCUT2D eigenvalue weighted by atomic mass is 9.85. The standard InChI is InChI=1S/C27H24F3N3O3/c1-17-6-2-4-8-23(17)33-24-11-10-19(12-18(24)13-31-33)26(36,27(28,29)30)22-15-32(14-20(35)16-34)25-9-5-3-7-21(22)25/h2-13,15,20,34-36H,14,16H2,1H3. The lowest BCUT2D eigenvalue weighted by Gasteiger charge is -2.31. The number of hydrogen-bond donors (Lipinski definition) is 3. The van der Waals surface area contributed by atoms with E-state index in [1.807, 2.05) is 31.2 Å². The molecule has 2 aromatic heterocycles. The minimum atomic E-state index is -5.06. The van der Waals surface area contributed by atoms with Gasteiger partial charge in [-0.15, -0.1) is 0 Å². The highest BCUT2D eigenvalue weighted by atomic mass is 19.4. The summed E-state index contributed by atoms with van der Waals surface area (Å²) in [7, 11) is 0. The van der Waals surface area contributed by atoms with Gasteiger partial charge in [-0.2, -0.15) is 18.3 Å². The van der Waals surface area contributed by atoms with Crippen molar-refractivity contribution in [1.29, 1.82) is 0 Å².